The zero-order valence-electron chi connectivity index (χ0n) is 10.5. The zero-order valence-corrected chi connectivity index (χ0v) is 11.3. The zero-order chi connectivity index (χ0) is 12.3. The van der Waals surface area contributed by atoms with Crippen LogP contribution in [0.3, 0.4) is 0 Å². The molecule has 0 fully saturated rings. The molecule has 5 heteroatoms. The predicted molar refractivity (Wildman–Crippen MR) is 70.2 cm³/mol. The summed E-state index contributed by atoms with van der Waals surface area (Å²) in [4.78, 5) is 10.0. The summed E-state index contributed by atoms with van der Waals surface area (Å²) in [7, 11) is 2.03. The van der Waals surface area contributed by atoms with Gasteiger partial charge in [0.2, 0.25) is 0 Å². The third kappa shape index (κ3) is 2.73. The summed E-state index contributed by atoms with van der Waals surface area (Å²) < 4.78 is 2.07. The van der Waals surface area contributed by atoms with Crippen LogP contribution in [0.15, 0.2) is 17.9 Å². The fourth-order valence-electron chi connectivity index (χ4n) is 1.93. The van der Waals surface area contributed by atoms with Crippen LogP contribution in [0.1, 0.15) is 29.4 Å². The van der Waals surface area contributed by atoms with Crippen molar-refractivity contribution in [3.8, 4) is 0 Å². The monoisotopic (exact) mass is 250 g/mol. The fourth-order valence-corrected chi connectivity index (χ4v) is 2.80. The van der Waals surface area contributed by atoms with Gasteiger partial charge in [0.25, 0.3) is 0 Å². The van der Waals surface area contributed by atoms with E-state index in [0.29, 0.717) is 6.04 Å². The highest BCUT2D eigenvalue weighted by atomic mass is 32.1. The number of rotatable bonds is 5. The number of imidazole rings is 1. The molecule has 1 N–H and O–H groups in total. The number of aromatic nitrogens is 3. The molecule has 4 nitrogen and oxygen atoms in total. The maximum atomic E-state index is 4.38. The van der Waals surface area contributed by atoms with Gasteiger partial charge in [-0.05, 0) is 13.5 Å². The lowest BCUT2D eigenvalue weighted by Crippen LogP contribution is -2.24. The number of likely N-dealkylation sites (N-methyl/N-ethyl adjacent to an activating group) is 1. The minimum absolute atomic E-state index is 0.314. The first-order chi connectivity index (χ1) is 8.22. The molecule has 0 radical (unpaired) electrons. The van der Waals surface area contributed by atoms with Crippen molar-refractivity contribution in [2.45, 2.75) is 26.3 Å². The van der Waals surface area contributed by atoms with Crippen molar-refractivity contribution in [1.82, 2.24) is 19.9 Å². The molecule has 2 rings (SSSR count). The maximum Gasteiger partial charge on any atom is 0.110 e. The summed E-state index contributed by atoms with van der Waals surface area (Å²) >= 11 is 1.71. The van der Waals surface area contributed by atoms with E-state index < -0.39 is 0 Å². The van der Waals surface area contributed by atoms with Gasteiger partial charge in [-0.25, -0.2) is 9.97 Å². The van der Waals surface area contributed by atoms with Crippen LogP contribution in [-0.2, 0) is 13.5 Å². The molecule has 0 bridgehead atoms. The molecule has 0 aliphatic rings. The van der Waals surface area contributed by atoms with Gasteiger partial charge in [-0.1, -0.05) is 6.92 Å². The van der Waals surface area contributed by atoms with E-state index in [1.807, 2.05) is 25.0 Å². The molecule has 92 valence electrons. The van der Waals surface area contributed by atoms with Gasteiger partial charge in [0, 0.05) is 30.7 Å². The van der Waals surface area contributed by atoms with E-state index in [4.69, 9.17) is 0 Å². The van der Waals surface area contributed by atoms with Crippen LogP contribution in [-0.4, -0.2) is 21.1 Å². The molecule has 2 heterocycles. The molecule has 0 saturated heterocycles. The molecule has 0 saturated carbocycles. The van der Waals surface area contributed by atoms with E-state index in [1.54, 1.807) is 11.3 Å². The largest absolute Gasteiger partial charge is 0.338 e. The van der Waals surface area contributed by atoms with Gasteiger partial charge in [-0.3, -0.25) is 0 Å². The Morgan fingerprint density at radius 2 is 2.29 bits per heavy atom. The lowest BCUT2D eigenvalue weighted by atomic mass is 10.1. The van der Waals surface area contributed by atoms with E-state index >= 15 is 0 Å². The summed E-state index contributed by atoms with van der Waals surface area (Å²) in [5.41, 5.74) is 3.03. The molecule has 0 spiro atoms. The van der Waals surface area contributed by atoms with Gasteiger partial charge >= 0.3 is 0 Å². The molecular formula is C12H18N4S. The van der Waals surface area contributed by atoms with Gasteiger partial charge in [-0.15, -0.1) is 11.3 Å². The number of hydrogen-bond donors (Lipinski definition) is 1. The number of hydrogen-bond acceptors (Lipinski definition) is 4. The minimum atomic E-state index is 0.314. The Kier molecular flexibility index (Phi) is 3.91. The Bertz CT molecular complexity index is 474. The van der Waals surface area contributed by atoms with Crippen LogP contribution in [0.2, 0.25) is 0 Å². The Labute approximate surface area is 106 Å². The average molecular weight is 250 g/mol. The van der Waals surface area contributed by atoms with Crippen LogP contribution < -0.4 is 5.32 Å². The van der Waals surface area contributed by atoms with E-state index in [0.717, 1.165) is 24.5 Å². The average Bonchev–Trinajstić information content (AvgIpc) is 2.88. The van der Waals surface area contributed by atoms with Crippen molar-refractivity contribution in [1.29, 1.82) is 0 Å². The third-order valence-electron chi connectivity index (χ3n) is 2.86. The minimum Gasteiger partial charge on any atom is -0.338 e. The highest BCUT2D eigenvalue weighted by Gasteiger charge is 2.17. The van der Waals surface area contributed by atoms with Crippen LogP contribution in [0.4, 0.5) is 0 Å². The second-order valence-electron chi connectivity index (χ2n) is 4.07. The van der Waals surface area contributed by atoms with E-state index in [2.05, 4.69) is 33.7 Å². The molecule has 1 atom stereocenters. The SMILES string of the molecule is CCNC(Cc1nccn1C)c1scnc1C. The van der Waals surface area contributed by atoms with Crippen LogP contribution in [0, 0.1) is 6.92 Å². The second kappa shape index (κ2) is 5.42. The molecule has 0 aromatic carbocycles. The Morgan fingerprint density at radius 1 is 1.47 bits per heavy atom. The van der Waals surface area contributed by atoms with Gasteiger partial charge in [0.15, 0.2) is 0 Å². The first kappa shape index (κ1) is 12.3. The number of aryl methyl sites for hydroxylation is 2. The van der Waals surface area contributed by atoms with Gasteiger partial charge in [0.05, 0.1) is 17.2 Å². The molecule has 0 amide bonds. The second-order valence-corrected chi connectivity index (χ2v) is 4.96. The van der Waals surface area contributed by atoms with Crippen LogP contribution in [0.5, 0.6) is 0 Å². The van der Waals surface area contributed by atoms with Gasteiger partial charge < -0.3 is 9.88 Å². The molecule has 2 aromatic heterocycles. The van der Waals surface area contributed by atoms with E-state index in [9.17, 15) is 0 Å². The first-order valence-electron chi connectivity index (χ1n) is 5.82. The molecule has 2 aromatic rings. The molecular weight excluding hydrogens is 232 g/mol. The topological polar surface area (TPSA) is 42.7 Å². The maximum absolute atomic E-state index is 4.38. The molecule has 1 unspecified atom stereocenters. The fraction of sp³-hybridized carbons (Fsp3) is 0.500. The molecule has 17 heavy (non-hydrogen) atoms. The van der Waals surface area contributed by atoms with Gasteiger partial charge in [-0.2, -0.15) is 0 Å². The number of nitrogens with zero attached hydrogens (tertiary/aromatic N) is 3. The third-order valence-corrected chi connectivity index (χ3v) is 3.90. The van der Waals surface area contributed by atoms with Crippen molar-refractivity contribution in [3.63, 3.8) is 0 Å². The van der Waals surface area contributed by atoms with Gasteiger partial charge in [0.1, 0.15) is 5.82 Å². The summed E-state index contributed by atoms with van der Waals surface area (Å²) in [6, 6.07) is 0.314. The summed E-state index contributed by atoms with van der Waals surface area (Å²) in [5, 5.41) is 3.51. The highest BCUT2D eigenvalue weighted by Crippen LogP contribution is 2.24. The van der Waals surface area contributed by atoms with E-state index in [-0.39, 0.29) is 0 Å². The summed E-state index contributed by atoms with van der Waals surface area (Å²) in [5.74, 6) is 1.10. The lowest BCUT2D eigenvalue weighted by Gasteiger charge is -2.16. The number of thiazole rings is 1. The quantitative estimate of drug-likeness (QED) is 0.883. The highest BCUT2D eigenvalue weighted by molar-refractivity contribution is 7.09. The predicted octanol–water partition coefficient (Wildman–Crippen LogP) is 2.08. The van der Waals surface area contributed by atoms with Crippen LogP contribution >= 0.6 is 11.3 Å². The number of nitrogens with one attached hydrogen (secondary N) is 1. The van der Waals surface area contributed by atoms with Crippen molar-refractivity contribution in [2.75, 3.05) is 6.54 Å². The van der Waals surface area contributed by atoms with E-state index in [1.165, 1.54) is 4.88 Å². The Balaban J connectivity index is 2.19. The first-order valence-corrected chi connectivity index (χ1v) is 6.70. The van der Waals surface area contributed by atoms with Crippen molar-refractivity contribution in [2.24, 2.45) is 7.05 Å². The Morgan fingerprint density at radius 3 is 2.82 bits per heavy atom. The Hall–Kier alpha value is -1.20. The van der Waals surface area contributed by atoms with Crippen LogP contribution in [0.25, 0.3) is 0 Å². The normalized spacial score (nSPS) is 12.9. The van der Waals surface area contributed by atoms with Crippen molar-refractivity contribution in [3.05, 3.63) is 34.3 Å². The smallest absolute Gasteiger partial charge is 0.110 e. The van der Waals surface area contributed by atoms with Crippen molar-refractivity contribution < 1.29 is 0 Å². The molecule has 0 aliphatic heterocycles. The molecule has 0 aliphatic carbocycles. The summed E-state index contributed by atoms with van der Waals surface area (Å²) in [6.45, 7) is 5.14. The standard InChI is InChI=1S/C12H18N4S/c1-4-13-10(12-9(2)15-8-17-12)7-11-14-5-6-16(11)3/h5-6,8,10,13H,4,7H2,1-3H3. The summed E-state index contributed by atoms with van der Waals surface area (Å²) in [6.07, 6.45) is 4.73. The van der Waals surface area contributed by atoms with Crippen molar-refractivity contribution >= 4 is 11.3 Å². The lowest BCUT2D eigenvalue weighted by molar-refractivity contribution is 0.533.